The Morgan fingerprint density at radius 1 is 1.47 bits per heavy atom. The molecule has 0 aromatic carbocycles. The van der Waals surface area contributed by atoms with E-state index in [2.05, 4.69) is 15.5 Å². The molecule has 0 fully saturated rings. The Hall–Kier alpha value is -1.53. The van der Waals surface area contributed by atoms with Crippen LogP contribution < -0.4 is 5.32 Å². The first-order valence-electron chi connectivity index (χ1n) is 5.02. The summed E-state index contributed by atoms with van der Waals surface area (Å²) in [6.45, 7) is 3.91. The summed E-state index contributed by atoms with van der Waals surface area (Å²) >= 11 is 2.77. The average molecular weight is 265 g/mol. The first-order valence-corrected chi connectivity index (χ1v) is 6.72. The van der Waals surface area contributed by atoms with Gasteiger partial charge in [0.15, 0.2) is 0 Å². The zero-order valence-electron chi connectivity index (χ0n) is 9.43. The Bertz CT molecular complexity index is 543. The van der Waals surface area contributed by atoms with Crippen LogP contribution in [0.15, 0.2) is 23.6 Å². The number of nitrogens with zero attached hydrogens (tertiary/aromatic N) is 2. The van der Waals surface area contributed by atoms with Crippen molar-refractivity contribution in [1.29, 1.82) is 0 Å². The molecule has 1 N–H and O–H groups in total. The molecule has 0 unspecified atom stereocenters. The summed E-state index contributed by atoms with van der Waals surface area (Å²) in [5.41, 5.74) is 1.05. The maximum atomic E-state index is 11.7. The van der Waals surface area contributed by atoms with Gasteiger partial charge in [-0.2, -0.15) is 0 Å². The van der Waals surface area contributed by atoms with Crippen LogP contribution in [0.2, 0.25) is 0 Å². The van der Waals surface area contributed by atoms with E-state index in [1.807, 2.05) is 31.4 Å². The number of anilines is 1. The fourth-order valence-corrected chi connectivity index (χ4v) is 2.51. The van der Waals surface area contributed by atoms with Gasteiger partial charge in [0.1, 0.15) is 5.01 Å². The van der Waals surface area contributed by atoms with Gasteiger partial charge in [0.2, 0.25) is 5.13 Å². The lowest BCUT2D eigenvalue weighted by Gasteiger charge is -1.96. The molecule has 4 nitrogen and oxygen atoms in total. The van der Waals surface area contributed by atoms with Gasteiger partial charge in [-0.1, -0.05) is 23.5 Å². The number of hydrogen-bond acceptors (Lipinski definition) is 5. The number of thiophene rings is 1. The Balaban J connectivity index is 2.10. The van der Waals surface area contributed by atoms with Crippen molar-refractivity contribution in [3.63, 3.8) is 0 Å². The van der Waals surface area contributed by atoms with Gasteiger partial charge >= 0.3 is 0 Å². The minimum absolute atomic E-state index is 0.138. The normalized spacial score (nSPS) is 11.5. The molecule has 2 heterocycles. The molecule has 0 aliphatic carbocycles. The second kappa shape index (κ2) is 5.20. The van der Waals surface area contributed by atoms with Gasteiger partial charge in [0, 0.05) is 0 Å². The standard InChI is InChI=1S/C11H11N3OS2/c1-3-7(2)10-13-14-11(17-10)12-9(15)8-5-4-6-16-8/h3-6H,1-2H3,(H,12,14,15)/b7-3-. The molecule has 0 saturated heterocycles. The number of carbonyl (C=O) groups excluding carboxylic acids is 1. The second-order valence-electron chi connectivity index (χ2n) is 3.32. The third-order valence-electron chi connectivity index (χ3n) is 2.16. The van der Waals surface area contributed by atoms with Crippen LogP contribution in [0.4, 0.5) is 5.13 Å². The van der Waals surface area contributed by atoms with Crippen molar-refractivity contribution >= 4 is 39.3 Å². The lowest BCUT2D eigenvalue weighted by atomic mass is 10.3. The molecule has 0 spiro atoms. The first kappa shape index (κ1) is 11.9. The van der Waals surface area contributed by atoms with Crippen LogP contribution in [0.1, 0.15) is 28.5 Å². The van der Waals surface area contributed by atoms with E-state index in [0.717, 1.165) is 10.6 Å². The van der Waals surface area contributed by atoms with E-state index >= 15 is 0 Å². The molecule has 0 atom stereocenters. The van der Waals surface area contributed by atoms with E-state index in [9.17, 15) is 4.79 Å². The van der Waals surface area contributed by atoms with Gasteiger partial charge in [-0.05, 0) is 30.9 Å². The molecule has 0 bridgehead atoms. The summed E-state index contributed by atoms with van der Waals surface area (Å²) in [6.07, 6.45) is 1.96. The molecule has 0 aliphatic rings. The van der Waals surface area contributed by atoms with Crippen LogP contribution in [0.5, 0.6) is 0 Å². The summed E-state index contributed by atoms with van der Waals surface area (Å²) in [4.78, 5) is 12.4. The first-order chi connectivity index (χ1) is 8.20. The van der Waals surface area contributed by atoms with E-state index in [-0.39, 0.29) is 5.91 Å². The van der Waals surface area contributed by atoms with Crippen molar-refractivity contribution in [3.8, 4) is 0 Å². The SMILES string of the molecule is C/C=C(/C)c1nnc(NC(=O)c2cccs2)s1. The molecule has 1 amide bonds. The fraction of sp³-hybridized carbons (Fsp3) is 0.182. The summed E-state index contributed by atoms with van der Waals surface area (Å²) in [6, 6.07) is 3.62. The molecular formula is C11H11N3OS2. The molecule has 2 aromatic heterocycles. The minimum atomic E-state index is -0.138. The highest BCUT2D eigenvalue weighted by Crippen LogP contribution is 2.22. The molecule has 0 saturated carbocycles. The van der Waals surface area contributed by atoms with Crippen LogP contribution in [0, 0.1) is 0 Å². The summed E-state index contributed by atoms with van der Waals surface area (Å²) in [7, 11) is 0. The topological polar surface area (TPSA) is 54.9 Å². The molecular weight excluding hydrogens is 254 g/mol. The average Bonchev–Trinajstić information content (AvgIpc) is 2.98. The quantitative estimate of drug-likeness (QED) is 0.926. The van der Waals surface area contributed by atoms with Crippen LogP contribution >= 0.6 is 22.7 Å². The Labute approximate surface area is 107 Å². The Morgan fingerprint density at radius 3 is 2.94 bits per heavy atom. The largest absolute Gasteiger partial charge is 0.296 e. The molecule has 17 heavy (non-hydrogen) atoms. The maximum Gasteiger partial charge on any atom is 0.267 e. The predicted octanol–water partition coefficient (Wildman–Crippen LogP) is 3.28. The molecule has 2 aromatic rings. The van der Waals surface area contributed by atoms with Gasteiger partial charge in [-0.25, -0.2) is 0 Å². The zero-order chi connectivity index (χ0) is 12.3. The molecule has 0 aliphatic heterocycles. The Kier molecular flexibility index (Phi) is 3.65. The lowest BCUT2D eigenvalue weighted by molar-refractivity contribution is 0.103. The smallest absolute Gasteiger partial charge is 0.267 e. The third kappa shape index (κ3) is 2.78. The van der Waals surface area contributed by atoms with Gasteiger partial charge in [0.05, 0.1) is 4.88 Å². The molecule has 6 heteroatoms. The number of hydrogen-bond donors (Lipinski definition) is 1. The van der Waals surface area contributed by atoms with Crippen molar-refractivity contribution in [2.24, 2.45) is 0 Å². The number of rotatable bonds is 3. The van der Waals surface area contributed by atoms with Crippen molar-refractivity contribution in [2.75, 3.05) is 5.32 Å². The number of nitrogens with one attached hydrogen (secondary N) is 1. The monoisotopic (exact) mass is 265 g/mol. The van der Waals surface area contributed by atoms with E-state index in [0.29, 0.717) is 10.0 Å². The van der Waals surface area contributed by atoms with Gasteiger partial charge in [-0.3, -0.25) is 10.1 Å². The van der Waals surface area contributed by atoms with Crippen molar-refractivity contribution < 1.29 is 4.79 Å². The van der Waals surface area contributed by atoms with E-state index in [1.54, 1.807) is 6.07 Å². The number of allylic oxidation sites excluding steroid dienone is 2. The van der Waals surface area contributed by atoms with Crippen molar-refractivity contribution in [3.05, 3.63) is 33.5 Å². The second-order valence-corrected chi connectivity index (χ2v) is 5.24. The highest BCUT2D eigenvalue weighted by atomic mass is 32.1. The summed E-state index contributed by atoms with van der Waals surface area (Å²) in [5.74, 6) is -0.138. The van der Waals surface area contributed by atoms with E-state index in [1.165, 1.54) is 22.7 Å². The van der Waals surface area contributed by atoms with Crippen molar-refractivity contribution in [1.82, 2.24) is 10.2 Å². The number of amides is 1. The molecule has 2 rings (SSSR count). The van der Waals surface area contributed by atoms with Crippen LogP contribution in [0.3, 0.4) is 0 Å². The van der Waals surface area contributed by atoms with E-state index in [4.69, 9.17) is 0 Å². The summed E-state index contributed by atoms with van der Waals surface area (Å²) < 4.78 is 0. The van der Waals surface area contributed by atoms with Crippen LogP contribution in [-0.4, -0.2) is 16.1 Å². The predicted molar refractivity (Wildman–Crippen MR) is 71.5 cm³/mol. The molecule has 88 valence electrons. The van der Waals surface area contributed by atoms with Gasteiger partial charge in [-0.15, -0.1) is 21.5 Å². The Morgan fingerprint density at radius 2 is 2.29 bits per heavy atom. The highest BCUT2D eigenvalue weighted by molar-refractivity contribution is 7.16. The highest BCUT2D eigenvalue weighted by Gasteiger charge is 2.11. The maximum absolute atomic E-state index is 11.7. The number of aromatic nitrogens is 2. The summed E-state index contributed by atoms with van der Waals surface area (Å²) in [5, 5.41) is 13.9. The molecule has 0 radical (unpaired) electrons. The minimum Gasteiger partial charge on any atom is -0.296 e. The zero-order valence-corrected chi connectivity index (χ0v) is 11.1. The van der Waals surface area contributed by atoms with E-state index < -0.39 is 0 Å². The lowest BCUT2D eigenvalue weighted by Crippen LogP contribution is -2.09. The third-order valence-corrected chi connectivity index (χ3v) is 4.00. The fourth-order valence-electron chi connectivity index (χ4n) is 1.12. The van der Waals surface area contributed by atoms with Gasteiger partial charge in [0.25, 0.3) is 5.91 Å². The van der Waals surface area contributed by atoms with Crippen LogP contribution in [0.25, 0.3) is 5.57 Å². The van der Waals surface area contributed by atoms with Gasteiger partial charge < -0.3 is 0 Å². The van der Waals surface area contributed by atoms with Crippen LogP contribution in [-0.2, 0) is 0 Å². The van der Waals surface area contributed by atoms with Crippen molar-refractivity contribution in [2.45, 2.75) is 13.8 Å². The number of carbonyl (C=O) groups is 1.